The van der Waals surface area contributed by atoms with E-state index in [4.69, 9.17) is 0 Å². The van der Waals surface area contributed by atoms with Crippen LogP contribution in [-0.4, -0.2) is 41.0 Å². The number of piperidine rings is 1. The maximum atomic E-state index is 12.9. The van der Waals surface area contributed by atoms with E-state index in [2.05, 4.69) is 52.5 Å². The lowest BCUT2D eigenvalue weighted by molar-refractivity contribution is -0.125. The van der Waals surface area contributed by atoms with Gasteiger partial charge >= 0.3 is 0 Å². The molecule has 0 radical (unpaired) electrons. The van der Waals surface area contributed by atoms with Crippen LogP contribution >= 0.6 is 0 Å². The molecule has 0 saturated carbocycles. The summed E-state index contributed by atoms with van der Waals surface area (Å²) in [6.45, 7) is 4.21. The van der Waals surface area contributed by atoms with E-state index in [0.29, 0.717) is 0 Å². The number of carbonyl (C=O) groups is 1. The fourth-order valence-corrected chi connectivity index (χ4v) is 4.78. The van der Waals surface area contributed by atoms with Crippen molar-refractivity contribution in [3.8, 4) is 0 Å². The Hall–Kier alpha value is -2.07. The number of carbonyl (C=O) groups excluding carboxylic acids is 1. The fourth-order valence-electron chi connectivity index (χ4n) is 4.78. The van der Waals surface area contributed by atoms with Gasteiger partial charge in [-0.25, -0.2) is 0 Å². The van der Waals surface area contributed by atoms with Crippen molar-refractivity contribution >= 4 is 16.8 Å². The number of hydrogen-bond donors (Lipinski definition) is 2. The van der Waals surface area contributed by atoms with Crippen molar-refractivity contribution in [1.29, 1.82) is 0 Å². The van der Waals surface area contributed by atoms with Gasteiger partial charge in [-0.2, -0.15) is 0 Å². The Morgan fingerprint density at radius 2 is 2.09 bits per heavy atom. The summed E-state index contributed by atoms with van der Waals surface area (Å²) >= 11 is 0. The highest BCUT2D eigenvalue weighted by molar-refractivity contribution is 5.92. The minimum atomic E-state index is -0.109. The number of H-pyrrole nitrogens is 1. The van der Waals surface area contributed by atoms with Gasteiger partial charge in [-0.05, 0) is 37.0 Å². The van der Waals surface area contributed by atoms with Crippen LogP contribution in [0.15, 0.2) is 35.9 Å². The van der Waals surface area contributed by atoms with E-state index < -0.39 is 0 Å². The molecule has 1 amide bonds. The molecule has 0 unspecified atom stereocenters. The number of hydrogen-bond acceptors (Lipinski definition) is 2. The average molecular weight is 307 g/mol. The van der Waals surface area contributed by atoms with Crippen molar-refractivity contribution in [2.75, 3.05) is 13.1 Å². The maximum Gasteiger partial charge on any atom is 0.231 e. The molecular formula is C19H21N3O. The Kier molecular flexibility index (Phi) is 2.74. The quantitative estimate of drug-likeness (QED) is 0.734. The fraction of sp³-hybridized carbons (Fsp3) is 0.421. The highest BCUT2D eigenvalue weighted by Gasteiger charge is 2.46. The van der Waals surface area contributed by atoms with Crippen LogP contribution in [0.3, 0.4) is 0 Å². The van der Waals surface area contributed by atoms with Crippen molar-refractivity contribution in [3.63, 3.8) is 0 Å². The van der Waals surface area contributed by atoms with Crippen LogP contribution in [0, 0.1) is 0 Å². The molecule has 0 spiro atoms. The molecule has 4 heterocycles. The summed E-state index contributed by atoms with van der Waals surface area (Å²) in [6, 6.07) is 8.81. The van der Waals surface area contributed by atoms with Crippen LogP contribution in [0.2, 0.25) is 0 Å². The molecule has 3 aliphatic heterocycles. The molecule has 1 aromatic carbocycles. The largest absolute Gasteiger partial charge is 0.357 e. The zero-order valence-corrected chi connectivity index (χ0v) is 13.3. The molecule has 3 atom stereocenters. The van der Waals surface area contributed by atoms with E-state index in [1.165, 1.54) is 16.5 Å². The molecule has 1 fully saturated rings. The first kappa shape index (κ1) is 13.4. The van der Waals surface area contributed by atoms with Crippen molar-refractivity contribution in [1.82, 2.24) is 15.2 Å². The van der Waals surface area contributed by atoms with Crippen LogP contribution in [0.25, 0.3) is 10.9 Å². The predicted octanol–water partition coefficient (Wildman–Crippen LogP) is 2.33. The molecule has 1 aromatic heterocycles. The number of aromatic nitrogens is 1. The van der Waals surface area contributed by atoms with Gasteiger partial charge < -0.3 is 10.3 Å². The second-order valence-electron chi connectivity index (χ2n) is 6.99. The Morgan fingerprint density at radius 3 is 3.00 bits per heavy atom. The van der Waals surface area contributed by atoms with Crippen LogP contribution < -0.4 is 5.32 Å². The van der Waals surface area contributed by atoms with Gasteiger partial charge in [0, 0.05) is 41.8 Å². The number of para-hydroxylation sites is 1. The Bertz CT molecular complexity index is 834. The van der Waals surface area contributed by atoms with Crippen molar-refractivity contribution < 1.29 is 4.79 Å². The first-order valence-corrected chi connectivity index (χ1v) is 8.58. The van der Waals surface area contributed by atoms with Gasteiger partial charge in [-0.3, -0.25) is 9.69 Å². The lowest BCUT2D eigenvalue weighted by Crippen LogP contribution is -2.57. The lowest BCUT2D eigenvalue weighted by atomic mass is 9.79. The predicted molar refractivity (Wildman–Crippen MR) is 90.4 cm³/mol. The third-order valence-corrected chi connectivity index (χ3v) is 5.79. The Balaban J connectivity index is 1.75. The summed E-state index contributed by atoms with van der Waals surface area (Å²) in [5, 5.41) is 4.47. The molecule has 2 N–H and O–H groups in total. The molecule has 2 aromatic rings. The molecule has 4 nitrogen and oxygen atoms in total. The van der Waals surface area contributed by atoms with Gasteiger partial charge in [0.05, 0.1) is 5.92 Å². The summed E-state index contributed by atoms with van der Waals surface area (Å²) in [5.74, 6) is 0.0592. The molecule has 0 aliphatic carbocycles. The van der Waals surface area contributed by atoms with E-state index >= 15 is 0 Å². The SMILES string of the molecule is C[C@H]1NC(=O)[C@@H]2c3[nH]c4ccccc4c3CCN3CCC=C1[C@H]23. The smallest absolute Gasteiger partial charge is 0.231 e. The summed E-state index contributed by atoms with van der Waals surface area (Å²) in [7, 11) is 0. The van der Waals surface area contributed by atoms with Gasteiger partial charge in [-0.1, -0.05) is 24.3 Å². The highest BCUT2D eigenvalue weighted by Crippen LogP contribution is 2.41. The number of rotatable bonds is 0. The number of nitrogens with zero attached hydrogens (tertiary/aromatic N) is 1. The minimum Gasteiger partial charge on any atom is -0.357 e. The monoisotopic (exact) mass is 307 g/mol. The number of amides is 1. The van der Waals surface area contributed by atoms with Gasteiger partial charge in [0.25, 0.3) is 0 Å². The Labute approximate surface area is 135 Å². The lowest BCUT2D eigenvalue weighted by Gasteiger charge is -2.44. The zero-order valence-electron chi connectivity index (χ0n) is 13.3. The minimum absolute atomic E-state index is 0.109. The van der Waals surface area contributed by atoms with Crippen LogP contribution in [0.4, 0.5) is 0 Å². The number of aromatic amines is 1. The summed E-state index contributed by atoms with van der Waals surface area (Å²) in [4.78, 5) is 19.0. The normalized spacial score (nSPS) is 30.2. The first-order valence-electron chi connectivity index (χ1n) is 8.58. The van der Waals surface area contributed by atoms with Crippen LogP contribution in [-0.2, 0) is 11.2 Å². The molecule has 1 saturated heterocycles. The molecular weight excluding hydrogens is 286 g/mol. The van der Waals surface area contributed by atoms with E-state index in [9.17, 15) is 4.79 Å². The van der Waals surface area contributed by atoms with E-state index in [1.807, 2.05) is 0 Å². The van der Waals surface area contributed by atoms with E-state index in [0.717, 1.165) is 37.1 Å². The van der Waals surface area contributed by atoms with Crippen molar-refractivity contribution in [3.05, 3.63) is 47.2 Å². The first-order chi connectivity index (χ1) is 11.2. The van der Waals surface area contributed by atoms with Crippen molar-refractivity contribution in [2.45, 2.75) is 37.8 Å². The van der Waals surface area contributed by atoms with Gasteiger partial charge in [0.1, 0.15) is 0 Å². The second-order valence-corrected chi connectivity index (χ2v) is 6.99. The highest BCUT2D eigenvalue weighted by atomic mass is 16.2. The molecule has 118 valence electrons. The Morgan fingerprint density at radius 1 is 1.22 bits per heavy atom. The van der Waals surface area contributed by atoms with Gasteiger partial charge in [0.15, 0.2) is 0 Å². The summed E-state index contributed by atoms with van der Waals surface area (Å²) in [5.41, 5.74) is 5.02. The molecule has 5 rings (SSSR count). The molecule has 0 bridgehead atoms. The summed E-state index contributed by atoms with van der Waals surface area (Å²) < 4.78 is 0. The molecule has 23 heavy (non-hydrogen) atoms. The van der Waals surface area contributed by atoms with Gasteiger partial charge in [-0.15, -0.1) is 0 Å². The third kappa shape index (κ3) is 1.78. The average Bonchev–Trinajstić information content (AvgIpc) is 2.83. The van der Waals surface area contributed by atoms with Crippen LogP contribution in [0.5, 0.6) is 0 Å². The van der Waals surface area contributed by atoms with Crippen molar-refractivity contribution in [2.24, 2.45) is 0 Å². The van der Waals surface area contributed by atoms with Gasteiger partial charge in [0.2, 0.25) is 5.91 Å². The number of fused-ring (bicyclic) bond motifs is 4. The van der Waals surface area contributed by atoms with Crippen LogP contribution in [0.1, 0.15) is 30.5 Å². The van der Waals surface area contributed by atoms with E-state index in [-0.39, 0.29) is 23.9 Å². The zero-order chi connectivity index (χ0) is 15.6. The number of nitrogens with one attached hydrogen (secondary N) is 2. The topological polar surface area (TPSA) is 48.1 Å². The standard InChI is InChI=1S/C19H21N3O/c1-11-12-6-4-9-22-10-8-14-13-5-2-3-7-15(13)21-17(14)16(18(12)22)19(23)20-11/h2-3,5-7,11,16,18,21H,4,8-10H2,1H3,(H,20,23)/t11-,16-,18-/m1/s1. The summed E-state index contributed by atoms with van der Waals surface area (Å²) in [6.07, 6.45) is 4.46. The van der Waals surface area contributed by atoms with E-state index in [1.54, 1.807) is 0 Å². The second kappa shape index (κ2) is 4.71. The number of benzene rings is 1. The molecule has 3 aliphatic rings. The molecule has 4 heteroatoms. The third-order valence-electron chi connectivity index (χ3n) is 5.79. The maximum absolute atomic E-state index is 12.9.